The quantitative estimate of drug-likeness (QED) is 0.683. The van der Waals surface area contributed by atoms with Crippen LogP contribution in [0.25, 0.3) is 0 Å². The van der Waals surface area contributed by atoms with Gasteiger partial charge in [-0.25, -0.2) is 0 Å². The number of carbonyl (C=O) groups is 1. The molecule has 2 heteroatoms. The van der Waals surface area contributed by atoms with Crippen molar-refractivity contribution in [2.75, 3.05) is 0 Å². The average molecular weight is 298 g/mol. The van der Waals surface area contributed by atoms with E-state index in [1.165, 1.54) is 5.57 Å². The molecule has 0 unspecified atom stereocenters. The zero-order valence-electron chi connectivity index (χ0n) is 13.3. The fraction of sp³-hybridized carbons (Fsp3) is 0.450. The van der Waals surface area contributed by atoms with Crippen molar-refractivity contribution in [3.63, 3.8) is 0 Å². The normalized spacial score (nSPS) is 25.0. The molecule has 22 heavy (non-hydrogen) atoms. The van der Waals surface area contributed by atoms with Crippen molar-refractivity contribution in [1.82, 2.24) is 0 Å². The number of rotatable bonds is 6. The predicted octanol–water partition coefficient (Wildman–Crippen LogP) is 5.21. The topological polar surface area (TPSA) is 37.3 Å². The van der Waals surface area contributed by atoms with Crippen LogP contribution in [0, 0.1) is 11.8 Å². The molecule has 0 saturated heterocycles. The number of allylic oxidation sites excluding steroid dienone is 8. The molecule has 0 aromatic heterocycles. The van der Waals surface area contributed by atoms with Crippen LogP contribution in [-0.4, -0.2) is 11.1 Å². The number of hydrogen-bond acceptors (Lipinski definition) is 1. The third-order valence-electron chi connectivity index (χ3n) is 4.76. The van der Waals surface area contributed by atoms with E-state index in [0.717, 1.165) is 49.7 Å². The molecule has 2 rings (SSSR count). The van der Waals surface area contributed by atoms with Gasteiger partial charge in [-0.2, -0.15) is 0 Å². The minimum Gasteiger partial charge on any atom is -0.481 e. The minimum atomic E-state index is -0.673. The molecule has 2 aliphatic carbocycles. The Bertz CT molecular complexity index is 526. The lowest BCUT2D eigenvalue weighted by atomic mass is 9.77. The zero-order valence-corrected chi connectivity index (χ0v) is 13.3. The highest BCUT2D eigenvalue weighted by Crippen LogP contribution is 2.35. The monoisotopic (exact) mass is 298 g/mol. The zero-order chi connectivity index (χ0) is 15.9. The molecular formula is C20H26O2. The first-order valence-corrected chi connectivity index (χ1v) is 8.20. The average Bonchev–Trinajstić information content (AvgIpc) is 2.53. The van der Waals surface area contributed by atoms with E-state index < -0.39 is 5.97 Å². The minimum absolute atomic E-state index is 0.313. The van der Waals surface area contributed by atoms with Gasteiger partial charge >= 0.3 is 5.97 Å². The molecular weight excluding hydrogens is 272 g/mol. The molecule has 2 aliphatic rings. The van der Waals surface area contributed by atoms with E-state index in [4.69, 9.17) is 5.11 Å². The predicted molar refractivity (Wildman–Crippen MR) is 91.6 cm³/mol. The van der Waals surface area contributed by atoms with Crippen LogP contribution >= 0.6 is 0 Å². The lowest BCUT2D eigenvalue weighted by Crippen LogP contribution is -2.17. The fourth-order valence-electron chi connectivity index (χ4n) is 3.31. The Kier molecular flexibility index (Phi) is 6.00. The Labute approximate surface area is 133 Å². The van der Waals surface area contributed by atoms with Crippen LogP contribution in [0.5, 0.6) is 0 Å². The number of carboxylic acid groups (broad SMARTS) is 1. The van der Waals surface area contributed by atoms with Crippen molar-refractivity contribution < 1.29 is 9.90 Å². The largest absolute Gasteiger partial charge is 0.481 e. The van der Waals surface area contributed by atoms with Gasteiger partial charge in [-0.1, -0.05) is 49.1 Å². The lowest BCUT2D eigenvalue weighted by molar-refractivity contribution is -0.138. The maximum Gasteiger partial charge on any atom is 0.303 e. The summed E-state index contributed by atoms with van der Waals surface area (Å²) in [7, 11) is 0. The summed E-state index contributed by atoms with van der Waals surface area (Å²) in [4.78, 5) is 10.8. The van der Waals surface area contributed by atoms with Crippen molar-refractivity contribution in [3.8, 4) is 0 Å². The highest BCUT2D eigenvalue weighted by atomic mass is 16.4. The van der Waals surface area contributed by atoms with E-state index in [0.29, 0.717) is 18.3 Å². The van der Waals surface area contributed by atoms with Crippen LogP contribution in [0.2, 0.25) is 0 Å². The van der Waals surface area contributed by atoms with Crippen molar-refractivity contribution in [2.45, 2.75) is 44.9 Å². The third kappa shape index (κ3) is 4.87. The summed E-state index contributed by atoms with van der Waals surface area (Å²) in [6.45, 7) is 8.35. The molecule has 1 fully saturated rings. The van der Waals surface area contributed by atoms with E-state index in [-0.39, 0.29) is 0 Å². The SMILES string of the molecule is C=C(/C=C\C(=C)C1CCC(CC(=O)O)CC1)C1=CC=CCC1. The van der Waals surface area contributed by atoms with E-state index >= 15 is 0 Å². The molecule has 0 aromatic rings. The number of aliphatic carboxylic acids is 1. The van der Waals surface area contributed by atoms with Gasteiger partial charge in [-0.05, 0) is 61.5 Å². The van der Waals surface area contributed by atoms with E-state index in [9.17, 15) is 4.79 Å². The van der Waals surface area contributed by atoms with Gasteiger partial charge in [0.05, 0.1) is 0 Å². The molecule has 0 amide bonds. The molecule has 2 nitrogen and oxygen atoms in total. The second-order valence-corrected chi connectivity index (χ2v) is 6.41. The Morgan fingerprint density at radius 3 is 2.55 bits per heavy atom. The van der Waals surface area contributed by atoms with Gasteiger partial charge in [-0.3, -0.25) is 4.79 Å². The maximum atomic E-state index is 10.8. The lowest BCUT2D eigenvalue weighted by Gasteiger charge is -2.28. The van der Waals surface area contributed by atoms with Crippen molar-refractivity contribution in [3.05, 3.63) is 60.3 Å². The van der Waals surface area contributed by atoms with Crippen LogP contribution in [0.3, 0.4) is 0 Å². The Morgan fingerprint density at radius 1 is 1.23 bits per heavy atom. The van der Waals surface area contributed by atoms with E-state index in [1.54, 1.807) is 0 Å². The van der Waals surface area contributed by atoms with Crippen LogP contribution in [0.4, 0.5) is 0 Å². The van der Waals surface area contributed by atoms with Crippen molar-refractivity contribution >= 4 is 5.97 Å². The van der Waals surface area contributed by atoms with Gasteiger partial charge in [0.1, 0.15) is 0 Å². The van der Waals surface area contributed by atoms with Gasteiger partial charge in [-0.15, -0.1) is 0 Å². The number of carboxylic acids is 1. The molecule has 0 spiro atoms. The van der Waals surface area contributed by atoms with Crippen molar-refractivity contribution in [2.24, 2.45) is 11.8 Å². The van der Waals surface area contributed by atoms with E-state index in [1.807, 2.05) is 0 Å². The van der Waals surface area contributed by atoms with E-state index in [2.05, 4.69) is 43.5 Å². The molecule has 1 saturated carbocycles. The second kappa shape index (κ2) is 7.98. The fourth-order valence-corrected chi connectivity index (χ4v) is 3.31. The first-order chi connectivity index (χ1) is 10.6. The molecule has 0 heterocycles. The van der Waals surface area contributed by atoms with Gasteiger partial charge in [0, 0.05) is 6.42 Å². The molecule has 0 bridgehead atoms. The summed E-state index contributed by atoms with van der Waals surface area (Å²) in [5.41, 5.74) is 3.53. The molecule has 0 aromatic carbocycles. The number of hydrogen-bond donors (Lipinski definition) is 1. The van der Waals surface area contributed by atoms with Crippen LogP contribution in [-0.2, 0) is 4.79 Å². The van der Waals surface area contributed by atoms with Crippen LogP contribution in [0.15, 0.2) is 60.3 Å². The molecule has 1 N–H and O–H groups in total. The Morgan fingerprint density at radius 2 is 1.95 bits per heavy atom. The summed E-state index contributed by atoms with van der Waals surface area (Å²) in [5.74, 6) is 0.169. The summed E-state index contributed by atoms with van der Waals surface area (Å²) in [6, 6.07) is 0. The smallest absolute Gasteiger partial charge is 0.303 e. The molecule has 0 radical (unpaired) electrons. The Hall–Kier alpha value is -1.83. The first kappa shape index (κ1) is 16.5. The first-order valence-electron chi connectivity index (χ1n) is 8.20. The Balaban J connectivity index is 1.81. The summed E-state index contributed by atoms with van der Waals surface area (Å²) in [5, 5.41) is 8.86. The van der Waals surface area contributed by atoms with Crippen LogP contribution in [0.1, 0.15) is 44.9 Å². The van der Waals surface area contributed by atoms with Gasteiger partial charge in [0.25, 0.3) is 0 Å². The molecule has 118 valence electrons. The van der Waals surface area contributed by atoms with Crippen LogP contribution < -0.4 is 0 Å². The molecule has 0 aliphatic heterocycles. The highest BCUT2D eigenvalue weighted by Gasteiger charge is 2.23. The van der Waals surface area contributed by atoms with Gasteiger partial charge in [0.2, 0.25) is 0 Å². The van der Waals surface area contributed by atoms with Gasteiger partial charge < -0.3 is 5.11 Å². The summed E-state index contributed by atoms with van der Waals surface area (Å²) in [6.07, 6.45) is 17.2. The van der Waals surface area contributed by atoms with Gasteiger partial charge in [0.15, 0.2) is 0 Å². The highest BCUT2D eigenvalue weighted by molar-refractivity contribution is 5.67. The standard InChI is InChI=1S/C20H26O2/c1-15(18-6-4-3-5-7-18)8-9-16(2)19-12-10-17(11-13-19)14-20(21)22/h3-4,6,8-9,17,19H,1-2,5,7,10-14H2,(H,21,22)/b9-8-. The third-order valence-corrected chi connectivity index (χ3v) is 4.76. The summed E-state index contributed by atoms with van der Waals surface area (Å²) < 4.78 is 0. The maximum absolute atomic E-state index is 10.8. The second-order valence-electron chi connectivity index (χ2n) is 6.41. The molecule has 0 atom stereocenters. The summed E-state index contributed by atoms with van der Waals surface area (Å²) >= 11 is 0. The van der Waals surface area contributed by atoms with Crippen molar-refractivity contribution in [1.29, 1.82) is 0 Å².